The van der Waals surface area contributed by atoms with Gasteiger partial charge in [0.15, 0.2) is 0 Å². The fraction of sp³-hybridized carbons (Fsp3) is 0.571. The van der Waals surface area contributed by atoms with Crippen LogP contribution in [0, 0.1) is 0 Å². The molecule has 0 fully saturated rings. The molecule has 0 unspecified atom stereocenters. The second-order valence-corrected chi connectivity index (χ2v) is 5.85. The molecule has 0 aromatic carbocycles. The van der Waals surface area contributed by atoms with Gasteiger partial charge in [0.25, 0.3) is 0 Å². The SMILES string of the molecule is Cn1nccc1CCn1nccc1CNC(C)(C)C. The molecule has 0 bridgehead atoms. The van der Waals surface area contributed by atoms with Gasteiger partial charge in [-0.25, -0.2) is 0 Å². The highest BCUT2D eigenvalue weighted by molar-refractivity contribution is 5.03. The Kier molecular flexibility index (Phi) is 4.04. The van der Waals surface area contributed by atoms with Crippen molar-refractivity contribution in [1.82, 2.24) is 24.9 Å². The second kappa shape index (κ2) is 5.57. The fourth-order valence-electron chi connectivity index (χ4n) is 1.93. The van der Waals surface area contributed by atoms with Gasteiger partial charge < -0.3 is 5.32 Å². The normalized spacial score (nSPS) is 12.0. The van der Waals surface area contributed by atoms with Crippen molar-refractivity contribution in [3.05, 3.63) is 35.9 Å². The van der Waals surface area contributed by atoms with E-state index in [9.17, 15) is 0 Å². The molecule has 2 aromatic rings. The largest absolute Gasteiger partial charge is 0.306 e. The van der Waals surface area contributed by atoms with Crippen molar-refractivity contribution in [3.8, 4) is 0 Å². The molecule has 5 heteroatoms. The zero-order chi connectivity index (χ0) is 13.9. The van der Waals surface area contributed by atoms with E-state index in [2.05, 4.69) is 53.1 Å². The first kappa shape index (κ1) is 13.8. The highest BCUT2D eigenvalue weighted by Crippen LogP contribution is 2.06. The van der Waals surface area contributed by atoms with Crippen molar-refractivity contribution in [2.75, 3.05) is 0 Å². The van der Waals surface area contributed by atoms with Crippen LogP contribution in [0.3, 0.4) is 0 Å². The predicted molar refractivity (Wildman–Crippen MR) is 75.7 cm³/mol. The van der Waals surface area contributed by atoms with Crippen LogP contribution in [0.15, 0.2) is 24.5 Å². The Morgan fingerprint density at radius 3 is 2.42 bits per heavy atom. The lowest BCUT2D eigenvalue weighted by atomic mass is 10.1. The third-order valence-corrected chi connectivity index (χ3v) is 3.11. The van der Waals surface area contributed by atoms with Crippen molar-refractivity contribution in [3.63, 3.8) is 0 Å². The maximum absolute atomic E-state index is 4.39. The number of nitrogens with one attached hydrogen (secondary N) is 1. The second-order valence-electron chi connectivity index (χ2n) is 5.85. The molecule has 0 radical (unpaired) electrons. The van der Waals surface area contributed by atoms with Crippen LogP contribution in [0.2, 0.25) is 0 Å². The van der Waals surface area contributed by atoms with Crippen LogP contribution in [0.4, 0.5) is 0 Å². The van der Waals surface area contributed by atoms with E-state index in [-0.39, 0.29) is 5.54 Å². The fourth-order valence-corrected chi connectivity index (χ4v) is 1.93. The van der Waals surface area contributed by atoms with E-state index < -0.39 is 0 Å². The summed E-state index contributed by atoms with van der Waals surface area (Å²) in [5.74, 6) is 0. The van der Waals surface area contributed by atoms with Crippen molar-refractivity contribution in [2.24, 2.45) is 7.05 Å². The minimum absolute atomic E-state index is 0.122. The van der Waals surface area contributed by atoms with Crippen LogP contribution in [-0.2, 0) is 26.6 Å². The zero-order valence-corrected chi connectivity index (χ0v) is 12.2. The third kappa shape index (κ3) is 3.92. The lowest BCUT2D eigenvalue weighted by Crippen LogP contribution is -2.35. The summed E-state index contributed by atoms with van der Waals surface area (Å²) in [5.41, 5.74) is 2.57. The Morgan fingerprint density at radius 1 is 1.11 bits per heavy atom. The molecule has 0 aliphatic heterocycles. The summed E-state index contributed by atoms with van der Waals surface area (Å²) in [6.45, 7) is 8.23. The van der Waals surface area contributed by atoms with Gasteiger partial charge in [0, 0.05) is 50.2 Å². The molecular weight excluding hydrogens is 238 g/mol. The topological polar surface area (TPSA) is 47.7 Å². The van der Waals surface area contributed by atoms with Gasteiger partial charge in [-0.15, -0.1) is 0 Å². The van der Waals surface area contributed by atoms with E-state index in [0.29, 0.717) is 0 Å². The first-order valence-corrected chi connectivity index (χ1v) is 6.68. The molecule has 19 heavy (non-hydrogen) atoms. The third-order valence-electron chi connectivity index (χ3n) is 3.11. The maximum Gasteiger partial charge on any atom is 0.0522 e. The highest BCUT2D eigenvalue weighted by Gasteiger charge is 2.11. The molecular formula is C14H23N5. The number of hydrogen-bond donors (Lipinski definition) is 1. The van der Waals surface area contributed by atoms with Crippen molar-refractivity contribution in [1.29, 1.82) is 0 Å². The molecule has 104 valence electrons. The molecule has 0 amide bonds. The van der Waals surface area contributed by atoms with Crippen LogP contribution in [0.25, 0.3) is 0 Å². The van der Waals surface area contributed by atoms with E-state index >= 15 is 0 Å². The lowest BCUT2D eigenvalue weighted by molar-refractivity contribution is 0.411. The van der Waals surface area contributed by atoms with Gasteiger partial charge in [-0.05, 0) is 32.9 Å². The number of nitrogens with zero attached hydrogens (tertiary/aromatic N) is 4. The number of hydrogen-bond acceptors (Lipinski definition) is 3. The van der Waals surface area contributed by atoms with Crippen molar-refractivity contribution >= 4 is 0 Å². The zero-order valence-electron chi connectivity index (χ0n) is 12.2. The Balaban J connectivity index is 1.94. The number of aromatic nitrogens is 4. The highest BCUT2D eigenvalue weighted by atomic mass is 15.3. The minimum Gasteiger partial charge on any atom is -0.306 e. The summed E-state index contributed by atoms with van der Waals surface area (Å²) < 4.78 is 3.97. The summed E-state index contributed by atoms with van der Waals surface area (Å²) in [6, 6.07) is 4.12. The molecule has 0 atom stereocenters. The summed E-state index contributed by atoms with van der Waals surface area (Å²) in [4.78, 5) is 0. The van der Waals surface area contributed by atoms with E-state index in [1.807, 2.05) is 24.1 Å². The summed E-state index contributed by atoms with van der Waals surface area (Å²) in [6.07, 6.45) is 4.64. The molecule has 0 aliphatic rings. The van der Waals surface area contributed by atoms with E-state index in [4.69, 9.17) is 0 Å². The average molecular weight is 261 g/mol. The average Bonchev–Trinajstić information content (AvgIpc) is 2.91. The van der Waals surface area contributed by atoms with Crippen LogP contribution in [0.1, 0.15) is 32.2 Å². The molecule has 0 aliphatic carbocycles. The van der Waals surface area contributed by atoms with Crippen LogP contribution >= 0.6 is 0 Å². The molecule has 2 aromatic heterocycles. The van der Waals surface area contributed by atoms with Crippen molar-refractivity contribution < 1.29 is 0 Å². The Hall–Kier alpha value is -1.62. The Labute approximate surface area is 114 Å². The Morgan fingerprint density at radius 2 is 1.79 bits per heavy atom. The van der Waals surface area contributed by atoms with Gasteiger partial charge in [-0.3, -0.25) is 9.36 Å². The predicted octanol–water partition coefficient (Wildman–Crippen LogP) is 1.75. The molecule has 2 rings (SSSR count). The number of aryl methyl sites for hydroxylation is 3. The van der Waals surface area contributed by atoms with Gasteiger partial charge >= 0.3 is 0 Å². The summed E-state index contributed by atoms with van der Waals surface area (Å²) in [5, 5.41) is 12.1. The summed E-state index contributed by atoms with van der Waals surface area (Å²) in [7, 11) is 1.97. The first-order valence-electron chi connectivity index (χ1n) is 6.68. The standard InChI is InChI=1S/C14H23N5/c1-14(2,3)15-11-13-6-9-17-19(13)10-7-12-5-8-16-18(12)4/h5-6,8-9,15H,7,10-11H2,1-4H3. The molecule has 0 spiro atoms. The quantitative estimate of drug-likeness (QED) is 0.892. The molecule has 5 nitrogen and oxygen atoms in total. The Bertz CT molecular complexity index is 518. The monoisotopic (exact) mass is 261 g/mol. The molecule has 0 saturated heterocycles. The van der Waals surface area contributed by atoms with Gasteiger partial charge in [0.1, 0.15) is 0 Å². The van der Waals surface area contributed by atoms with E-state index in [0.717, 1.165) is 19.5 Å². The first-order chi connectivity index (χ1) is 8.96. The van der Waals surface area contributed by atoms with Crippen LogP contribution in [0.5, 0.6) is 0 Å². The summed E-state index contributed by atoms with van der Waals surface area (Å²) >= 11 is 0. The maximum atomic E-state index is 4.39. The van der Waals surface area contributed by atoms with Crippen LogP contribution < -0.4 is 5.32 Å². The minimum atomic E-state index is 0.122. The number of rotatable bonds is 5. The van der Waals surface area contributed by atoms with Crippen molar-refractivity contribution in [2.45, 2.75) is 45.8 Å². The molecule has 0 saturated carbocycles. The van der Waals surface area contributed by atoms with Gasteiger partial charge in [-0.1, -0.05) is 0 Å². The van der Waals surface area contributed by atoms with Crippen LogP contribution in [-0.4, -0.2) is 25.1 Å². The molecule has 2 heterocycles. The van der Waals surface area contributed by atoms with E-state index in [1.54, 1.807) is 0 Å². The van der Waals surface area contributed by atoms with Gasteiger partial charge in [-0.2, -0.15) is 10.2 Å². The van der Waals surface area contributed by atoms with Gasteiger partial charge in [0.05, 0.1) is 5.69 Å². The smallest absolute Gasteiger partial charge is 0.0522 e. The molecule has 1 N–H and O–H groups in total. The lowest BCUT2D eigenvalue weighted by Gasteiger charge is -2.20. The van der Waals surface area contributed by atoms with Gasteiger partial charge in [0.2, 0.25) is 0 Å². The van der Waals surface area contributed by atoms with E-state index in [1.165, 1.54) is 11.4 Å².